The molecule has 0 saturated heterocycles. The lowest BCUT2D eigenvalue weighted by atomic mass is 10.1. The third-order valence-electron chi connectivity index (χ3n) is 3.34. The molecule has 0 aliphatic heterocycles. The fourth-order valence-corrected chi connectivity index (χ4v) is 2.16. The Bertz CT molecular complexity index is 510. The smallest absolute Gasteiger partial charge is 0.388 e. The van der Waals surface area contributed by atoms with Crippen LogP contribution in [0.1, 0.15) is 28.8 Å². The first-order valence-corrected chi connectivity index (χ1v) is 6.48. The van der Waals surface area contributed by atoms with Crippen LogP contribution in [0.25, 0.3) is 0 Å². The molecule has 20 heavy (non-hydrogen) atoms. The van der Waals surface area contributed by atoms with Gasteiger partial charge in [-0.2, -0.15) is 13.2 Å². The van der Waals surface area contributed by atoms with Crippen LogP contribution in [0.5, 0.6) is 0 Å². The van der Waals surface area contributed by atoms with Crippen LogP contribution in [-0.2, 0) is 0 Å². The number of aryl methyl sites for hydroxylation is 1. The number of nitrogens with zero attached hydrogens (tertiary/aromatic N) is 1. The second kappa shape index (κ2) is 5.34. The van der Waals surface area contributed by atoms with Crippen LogP contribution in [0, 0.1) is 6.92 Å². The largest absolute Gasteiger partial charge is 0.406 e. The van der Waals surface area contributed by atoms with E-state index in [1.807, 2.05) is 0 Å². The summed E-state index contributed by atoms with van der Waals surface area (Å²) >= 11 is 0. The number of alkyl halides is 3. The SMILES string of the molecule is CNc1ccc(C(=O)N(CC(F)(F)F)C2CC2)c(C)c1. The monoisotopic (exact) mass is 286 g/mol. The van der Waals surface area contributed by atoms with Gasteiger partial charge in [0.1, 0.15) is 6.54 Å². The molecule has 1 aliphatic carbocycles. The predicted octanol–water partition coefficient (Wildman–Crippen LogP) is 3.20. The first-order chi connectivity index (χ1) is 9.31. The number of halogens is 3. The van der Waals surface area contributed by atoms with Gasteiger partial charge in [0.15, 0.2) is 0 Å². The average molecular weight is 286 g/mol. The van der Waals surface area contributed by atoms with Gasteiger partial charge in [0.25, 0.3) is 5.91 Å². The van der Waals surface area contributed by atoms with Gasteiger partial charge in [-0.1, -0.05) is 0 Å². The number of hydrogen-bond acceptors (Lipinski definition) is 2. The Kier molecular flexibility index (Phi) is 3.92. The van der Waals surface area contributed by atoms with Crippen LogP contribution in [-0.4, -0.2) is 36.6 Å². The van der Waals surface area contributed by atoms with Gasteiger partial charge in [-0.25, -0.2) is 0 Å². The van der Waals surface area contributed by atoms with Crippen molar-refractivity contribution in [3.05, 3.63) is 29.3 Å². The van der Waals surface area contributed by atoms with Crippen molar-refractivity contribution in [1.29, 1.82) is 0 Å². The highest BCUT2D eigenvalue weighted by molar-refractivity contribution is 5.96. The Morgan fingerprint density at radius 1 is 1.40 bits per heavy atom. The molecular formula is C14H17F3N2O. The van der Waals surface area contributed by atoms with Crippen molar-refractivity contribution in [3.63, 3.8) is 0 Å². The molecule has 1 aromatic carbocycles. The summed E-state index contributed by atoms with van der Waals surface area (Å²) in [6.07, 6.45) is -3.07. The van der Waals surface area contributed by atoms with Crippen molar-refractivity contribution in [2.75, 3.05) is 18.9 Å². The Hall–Kier alpha value is -1.72. The van der Waals surface area contributed by atoms with Crippen molar-refractivity contribution in [3.8, 4) is 0 Å². The molecule has 1 aliphatic rings. The van der Waals surface area contributed by atoms with Crippen LogP contribution in [0.2, 0.25) is 0 Å². The van der Waals surface area contributed by atoms with E-state index in [0.717, 1.165) is 10.6 Å². The van der Waals surface area contributed by atoms with E-state index in [-0.39, 0.29) is 6.04 Å². The van der Waals surface area contributed by atoms with Crippen molar-refractivity contribution in [2.45, 2.75) is 32.0 Å². The minimum atomic E-state index is -4.36. The van der Waals surface area contributed by atoms with Gasteiger partial charge in [0.2, 0.25) is 0 Å². The molecule has 1 saturated carbocycles. The zero-order chi connectivity index (χ0) is 14.9. The number of rotatable bonds is 4. The lowest BCUT2D eigenvalue weighted by molar-refractivity contribution is -0.141. The maximum absolute atomic E-state index is 12.6. The number of amides is 1. The van der Waals surface area contributed by atoms with Crippen molar-refractivity contribution in [2.24, 2.45) is 0 Å². The van der Waals surface area contributed by atoms with Crippen molar-refractivity contribution in [1.82, 2.24) is 4.90 Å². The number of carbonyl (C=O) groups excluding carboxylic acids is 1. The first kappa shape index (κ1) is 14.7. The maximum atomic E-state index is 12.6. The Morgan fingerprint density at radius 3 is 2.50 bits per heavy atom. The first-order valence-electron chi connectivity index (χ1n) is 6.48. The normalized spacial score (nSPS) is 15.1. The molecule has 1 aromatic rings. The third-order valence-corrected chi connectivity index (χ3v) is 3.34. The van der Waals surface area contributed by atoms with Crippen molar-refractivity contribution >= 4 is 11.6 Å². The van der Waals surface area contributed by atoms with Gasteiger partial charge < -0.3 is 10.2 Å². The van der Waals surface area contributed by atoms with Gasteiger partial charge >= 0.3 is 6.18 Å². The molecule has 0 atom stereocenters. The highest BCUT2D eigenvalue weighted by atomic mass is 19.4. The van der Waals surface area contributed by atoms with E-state index in [4.69, 9.17) is 0 Å². The second-order valence-corrected chi connectivity index (χ2v) is 5.06. The number of nitrogens with one attached hydrogen (secondary N) is 1. The molecule has 0 unspecified atom stereocenters. The van der Waals surface area contributed by atoms with Crippen molar-refractivity contribution < 1.29 is 18.0 Å². The Labute approximate surface area is 115 Å². The molecule has 6 heteroatoms. The number of hydrogen-bond donors (Lipinski definition) is 1. The van der Waals surface area contributed by atoms with Gasteiger partial charge in [0, 0.05) is 24.3 Å². The van der Waals surface area contributed by atoms with E-state index in [0.29, 0.717) is 24.0 Å². The Morgan fingerprint density at radius 2 is 2.05 bits per heavy atom. The van der Waals surface area contributed by atoms with Crippen LogP contribution >= 0.6 is 0 Å². The molecule has 0 spiro atoms. The van der Waals surface area contributed by atoms with E-state index >= 15 is 0 Å². The minimum absolute atomic E-state index is 0.271. The maximum Gasteiger partial charge on any atom is 0.406 e. The van der Waals surface area contributed by atoms with Gasteiger partial charge in [-0.05, 0) is 43.5 Å². The summed E-state index contributed by atoms with van der Waals surface area (Å²) in [5.74, 6) is -0.537. The average Bonchev–Trinajstić information content (AvgIpc) is 3.18. The van der Waals surface area contributed by atoms with Crippen LogP contribution < -0.4 is 5.32 Å². The number of anilines is 1. The Balaban J connectivity index is 2.23. The summed E-state index contributed by atoms with van der Waals surface area (Å²) < 4.78 is 37.8. The van der Waals surface area contributed by atoms with Gasteiger partial charge in [-0.3, -0.25) is 4.79 Å². The van der Waals surface area contributed by atoms with Gasteiger partial charge in [0.05, 0.1) is 0 Å². The lowest BCUT2D eigenvalue weighted by Gasteiger charge is -2.24. The van der Waals surface area contributed by atoms with Crippen LogP contribution in [0.4, 0.5) is 18.9 Å². The third kappa shape index (κ3) is 3.43. The highest BCUT2D eigenvalue weighted by Gasteiger charge is 2.41. The highest BCUT2D eigenvalue weighted by Crippen LogP contribution is 2.32. The lowest BCUT2D eigenvalue weighted by Crippen LogP contribution is -2.40. The topological polar surface area (TPSA) is 32.3 Å². The molecule has 2 rings (SSSR count). The molecule has 0 heterocycles. The molecule has 0 aromatic heterocycles. The minimum Gasteiger partial charge on any atom is -0.388 e. The summed E-state index contributed by atoms with van der Waals surface area (Å²) in [7, 11) is 1.75. The van der Waals surface area contributed by atoms with E-state index in [1.54, 1.807) is 32.2 Å². The zero-order valence-electron chi connectivity index (χ0n) is 11.4. The van der Waals surface area contributed by atoms with Crippen LogP contribution in [0.3, 0.4) is 0 Å². The molecule has 0 bridgehead atoms. The van der Waals surface area contributed by atoms with E-state index < -0.39 is 18.6 Å². The van der Waals surface area contributed by atoms with E-state index in [1.165, 1.54) is 0 Å². The molecule has 0 radical (unpaired) electrons. The molecule has 1 N–H and O–H groups in total. The molecule has 110 valence electrons. The molecule has 1 amide bonds. The summed E-state index contributed by atoms with van der Waals surface area (Å²) in [4.78, 5) is 13.3. The summed E-state index contributed by atoms with van der Waals surface area (Å²) in [6, 6.07) is 4.76. The summed E-state index contributed by atoms with van der Waals surface area (Å²) in [6.45, 7) is 0.552. The number of carbonyl (C=O) groups is 1. The molecular weight excluding hydrogens is 269 g/mol. The fraction of sp³-hybridized carbons (Fsp3) is 0.500. The zero-order valence-corrected chi connectivity index (χ0v) is 11.4. The number of benzene rings is 1. The quantitative estimate of drug-likeness (QED) is 0.922. The second-order valence-electron chi connectivity index (χ2n) is 5.06. The predicted molar refractivity (Wildman–Crippen MR) is 70.8 cm³/mol. The molecule has 1 fully saturated rings. The standard InChI is InChI=1S/C14H17F3N2O/c1-9-7-10(18-2)3-6-12(9)13(20)19(11-4-5-11)8-14(15,16)17/h3,6-7,11,18H,4-5,8H2,1-2H3. The fourth-order valence-electron chi connectivity index (χ4n) is 2.16. The van der Waals surface area contributed by atoms with Gasteiger partial charge in [-0.15, -0.1) is 0 Å². The van der Waals surface area contributed by atoms with Crippen LogP contribution in [0.15, 0.2) is 18.2 Å². The van der Waals surface area contributed by atoms with E-state index in [2.05, 4.69) is 5.32 Å². The molecule has 3 nitrogen and oxygen atoms in total. The summed E-state index contributed by atoms with van der Waals surface area (Å²) in [5, 5.41) is 2.93. The van der Waals surface area contributed by atoms with E-state index in [9.17, 15) is 18.0 Å². The summed E-state index contributed by atoms with van der Waals surface area (Å²) in [5.41, 5.74) is 1.84.